The Hall–Kier alpha value is -0.930. The first kappa shape index (κ1) is 12.5. The molecule has 1 fully saturated rings. The van der Waals surface area contributed by atoms with E-state index in [9.17, 15) is 9.50 Å². The van der Waals surface area contributed by atoms with Gasteiger partial charge in [0.1, 0.15) is 5.82 Å². The molecule has 1 aromatic carbocycles. The summed E-state index contributed by atoms with van der Waals surface area (Å²) in [6.45, 7) is 3.47. The largest absolute Gasteiger partial charge is 0.388 e. The smallest absolute Gasteiger partial charge is 0.123 e. The molecule has 0 aromatic heterocycles. The van der Waals surface area contributed by atoms with Gasteiger partial charge in [-0.05, 0) is 63.0 Å². The van der Waals surface area contributed by atoms with E-state index in [2.05, 4.69) is 4.90 Å². The van der Waals surface area contributed by atoms with Crippen molar-refractivity contribution in [3.8, 4) is 0 Å². The Morgan fingerprint density at radius 3 is 2.47 bits per heavy atom. The Bertz CT molecular complexity index is 333. The third-order valence-corrected chi connectivity index (χ3v) is 3.41. The van der Waals surface area contributed by atoms with Crippen molar-refractivity contribution >= 4 is 0 Å². The van der Waals surface area contributed by atoms with Crippen molar-refractivity contribution in [1.29, 1.82) is 0 Å². The molecule has 1 N–H and O–H groups in total. The number of nitrogens with zero attached hydrogens (tertiary/aromatic N) is 1. The summed E-state index contributed by atoms with van der Waals surface area (Å²) in [5, 5.41) is 9.94. The Labute approximate surface area is 102 Å². The first-order valence-corrected chi connectivity index (χ1v) is 6.41. The molecule has 1 aliphatic heterocycles. The van der Waals surface area contributed by atoms with Gasteiger partial charge in [0.2, 0.25) is 0 Å². The van der Waals surface area contributed by atoms with Crippen LogP contribution >= 0.6 is 0 Å². The minimum Gasteiger partial charge on any atom is -0.388 e. The molecule has 1 aromatic rings. The number of rotatable bonds is 5. The molecule has 2 nitrogen and oxygen atoms in total. The van der Waals surface area contributed by atoms with Crippen molar-refractivity contribution in [3.63, 3.8) is 0 Å². The highest BCUT2D eigenvalue weighted by atomic mass is 19.1. The van der Waals surface area contributed by atoms with E-state index < -0.39 is 6.10 Å². The molecular weight excluding hydrogens is 217 g/mol. The SMILES string of the molecule is O[C@H](CCCN1CCCC1)c1ccc(F)cc1. The van der Waals surface area contributed by atoms with Gasteiger partial charge < -0.3 is 10.0 Å². The van der Waals surface area contributed by atoms with Crippen LogP contribution in [-0.4, -0.2) is 29.6 Å². The average Bonchev–Trinajstić information content (AvgIpc) is 2.83. The lowest BCUT2D eigenvalue weighted by Crippen LogP contribution is -2.20. The van der Waals surface area contributed by atoms with Gasteiger partial charge in [-0.25, -0.2) is 4.39 Å². The first-order valence-electron chi connectivity index (χ1n) is 6.41. The molecule has 0 spiro atoms. The third-order valence-electron chi connectivity index (χ3n) is 3.41. The van der Waals surface area contributed by atoms with Gasteiger partial charge in [0.25, 0.3) is 0 Å². The van der Waals surface area contributed by atoms with Gasteiger partial charge in [-0.1, -0.05) is 12.1 Å². The molecule has 17 heavy (non-hydrogen) atoms. The van der Waals surface area contributed by atoms with Gasteiger partial charge in [-0.2, -0.15) is 0 Å². The van der Waals surface area contributed by atoms with Crippen LogP contribution in [0.15, 0.2) is 24.3 Å². The molecule has 0 aliphatic carbocycles. The summed E-state index contributed by atoms with van der Waals surface area (Å²) < 4.78 is 12.7. The predicted octanol–water partition coefficient (Wildman–Crippen LogP) is 2.74. The Morgan fingerprint density at radius 2 is 1.82 bits per heavy atom. The molecule has 0 amide bonds. The first-order chi connectivity index (χ1) is 8.25. The van der Waals surface area contributed by atoms with Gasteiger partial charge in [-0.15, -0.1) is 0 Å². The molecule has 3 heteroatoms. The molecule has 1 aliphatic rings. The van der Waals surface area contributed by atoms with Crippen LogP contribution in [0.2, 0.25) is 0 Å². The van der Waals surface area contributed by atoms with Crippen LogP contribution in [0.5, 0.6) is 0 Å². The van der Waals surface area contributed by atoms with Crippen LogP contribution in [0.25, 0.3) is 0 Å². The third kappa shape index (κ3) is 3.79. The fourth-order valence-corrected chi connectivity index (χ4v) is 2.37. The van der Waals surface area contributed by atoms with Gasteiger partial charge >= 0.3 is 0 Å². The normalized spacial score (nSPS) is 18.5. The molecule has 1 atom stereocenters. The van der Waals surface area contributed by atoms with E-state index in [-0.39, 0.29) is 5.82 Å². The molecule has 0 unspecified atom stereocenters. The van der Waals surface area contributed by atoms with Crippen molar-refractivity contribution in [2.24, 2.45) is 0 Å². The van der Waals surface area contributed by atoms with E-state index in [1.54, 1.807) is 12.1 Å². The minimum absolute atomic E-state index is 0.252. The molecule has 94 valence electrons. The number of likely N-dealkylation sites (tertiary alicyclic amines) is 1. The van der Waals surface area contributed by atoms with Crippen molar-refractivity contribution < 1.29 is 9.50 Å². The molecule has 1 heterocycles. The van der Waals surface area contributed by atoms with Gasteiger partial charge in [0.15, 0.2) is 0 Å². The van der Waals surface area contributed by atoms with Crippen LogP contribution in [0.4, 0.5) is 4.39 Å². The second kappa shape index (κ2) is 6.12. The highest BCUT2D eigenvalue weighted by Crippen LogP contribution is 2.19. The summed E-state index contributed by atoms with van der Waals surface area (Å²) in [7, 11) is 0. The lowest BCUT2D eigenvalue weighted by Gasteiger charge is -2.16. The zero-order valence-electron chi connectivity index (χ0n) is 10.1. The second-order valence-electron chi connectivity index (χ2n) is 4.76. The topological polar surface area (TPSA) is 23.5 Å². The molecular formula is C14H20FNO. The van der Waals surface area contributed by atoms with Crippen LogP contribution in [0.3, 0.4) is 0 Å². The number of benzene rings is 1. The Morgan fingerprint density at radius 1 is 1.18 bits per heavy atom. The summed E-state index contributed by atoms with van der Waals surface area (Å²) in [6.07, 6.45) is 3.90. The standard InChI is InChI=1S/C14H20FNO/c15-13-7-5-12(6-8-13)14(17)4-3-11-16-9-1-2-10-16/h5-8,14,17H,1-4,9-11H2/t14-/m1/s1. The van der Waals surface area contributed by atoms with E-state index in [0.29, 0.717) is 0 Å². The Balaban J connectivity index is 1.72. The summed E-state index contributed by atoms with van der Waals surface area (Å²) in [4.78, 5) is 2.44. The summed E-state index contributed by atoms with van der Waals surface area (Å²) in [5.41, 5.74) is 0.813. The molecule has 0 radical (unpaired) electrons. The maximum atomic E-state index is 12.7. The van der Waals surface area contributed by atoms with Crippen LogP contribution in [-0.2, 0) is 0 Å². The summed E-state index contributed by atoms with van der Waals surface area (Å²) in [5.74, 6) is -0.252. The molecule has 2 rings (SSSR count). The van der Waals surface area contributed by atoms with Crippen LogP contribution < -0.4 is 0 Å². The van der Waals surface area contributed by atoms with Crippen LogP contribution in [0, 0.1) is 5.82 Å². The van der Waals surface area contributed by atoms with Crippen LogP contribution in [0.1, 0.15) is 37.4 Å². The van der Waals surface area contributed by atoms with Crippen molar-refractivity contribution in [1.82, 2.24) is 4.90 Å². The highest BCUT2D eigenvalue weighted by Gasteiger charge is 2.12. The molecule has 0 saturated carbocycles. The number of halogens is 1. The fraction of sp³-hybridized carbons (Fsp3) is 0.571. The lowest BCUT2D eigenvalue weighted by molar-refractivity contribution is 0.158. The fourth-order valence-electron chi connectivity index (χ4n) is 2.37. The second-order valence-corrected chi connectivity index (χ2v) is 4.76. The maximum Gasteiger partial charge on any atom is 0.123 e. The molecule has 0 bridgehead atoms. The van der Waals surface area contributed by atoms with E-state index in [0.717, 1.165) is 24.9 Å². The van der Waals surface area contributed by atoms with E-state index in [1.165, 1.54) is 38.1 Å². The van der Waals surface area contributed by atoms with Crippen molar-refractivity contribution in [2.75, 3.05) is 19.6 Å². The van der Waals surface area contributed by atoms with E-state index >= 15 is 0 Å². The number of aliphatic hydroxyl groups is 1. The zero-order valence-corrected chi connectivity index (χ0v) is 10.1. The van der Waals surface area contributed by atoms with E-state index in [1.807, 2.05) is 0 Å². The number of hydrogen-bond donors (Lipinski definition) is 1. The Kier molecular flexibility index (Phi) is 4.51. The maximum absolute atomic E-state index is 12.7. The number of hydrogen-bond acceptors (Lipinski definition) is 2. The minimum atomic E-state index is -0.460. The summed E-state index contributed by atoms with van der Waals surface area (Å²) >= 11 is 0. The van der Waals surface area contributed by atoms with Gasteiger partial charge in [0.05, 0.1) is 6.10 Å². The van der Waals surface area contributed by atoms with Crippen molar-refractivity contribution in [2.45, 2.75) is 31.8 Å². The predicted molar refractivity (Wildman–Crippen MR) is 66.3 cm³/mol. The zero-order chi connectivity index (χ0) is 12.1. The van der Waals surface area contributed by atoms with Gasteiger partial charge in [0, 0.05) is 0 Å². The quantitative estimate of drug-likeness (QED) is 0.851. The number of aliphatic hydroxyl groups excluding tert-OH is 1. The summed E-state index contributed by atoms with van der Waals surface area (Å²) in [6, 6.07) is 6.13. The van der Waals surface area contributed by atoms with Gasteiger partial charge in [-0.3, -0.25) is 0 Å². The lowest BCUT2D eigenvalue weighted by atomic mass is 10.0. The average molecular weight is 237 g/mol. The molecule has 1 saturated heterocycles. The monoisotopic (exact) mass is 237 g/mol. The van der Waals surface area contributed by atoms with Crippen molar-refractivity contribution in [3.05, 3.63) is 35.6 Å². The highest BCUT2D eigenvalue weighted by molar-refractivity contribution is 5.18. The van der Waals surface area contributed by atoms with E-state index in [4.69, 9.17) is 0 Å².